The van der Waals surface area contributed by atoms with E-state index in [9.17, 15) is 14.9 Å². The Bertz CT molecular complexity index is 903. The van der Waals surface area contributed by atoms with Crippen LogP contribution in [-0.2, 0) is 4.79 Å². The van der Waals surface area contributed by atoms with Gasteiger partial charge in [-0.2, -0.15) is 10.4 Å². The Morgan fingerprint density at radius 3 is 2.78 bits per heavy atom. The molecule has 138 valence electrons. The van der Waals surface area contributed by atoms with Crippen LogP contribution in [0.15, 0.2) is 53.6 Å². The Kier molecular flexibility index (Phi) is 7.02. The molecule has 0 fully saturated rings. The first-order valence-electron chi connectivity index (χ1n) is 8.27. The maximum Gasteiger partial charge on any atom is 0.277 e. The number of hydrazone groups is 1. The number of nitrogens with one attached hydrogen (secondary N) is 1. The minimum Gasteiger partial charge on any atom is -0.482 e. The summed E-state index contributed by atoms with van der Waals surface area (Å²) in [6.45, 7) is 1.63. The number of carbonyl (C=O) groups is 1. The molecule has 0 aliphatic heterocycles. The third kappa shape index (κ3) is 5.64. The van der Waals surface area contributed by atoms with Gasteiger partial charge in [0, 0.05) is 17.7 Å². The zero-order valence-electron chi connectivity index (χ0n) is 14.7. The van der Waals surface area contributed by atoms with Crippen molar-refractivity contribution in [1.82, 2.24) is 5.43 Å². The smallest absolute Gasteiger partial charge is 0.277 e. The molecule has 2 aromatic carbocycles. The number of nitriles is 1. The molecule has 0 unspecified atom stereocenters. The number of para-hydroxylation sites is 1. The normalized spacial score (nSPS) is 10.7. The van der Waals surface area contributed by atoms with Gasteiger partial charge in [-0.25, -0.2) is 5.43 Å². The van der Waals surface area contributed by atoms with Crippen molar-refractivity contribution in [3.63, 3.8) is 0 Å². The van der Waals surface area contributed by atoms with Gasteiger partial charge >= 0.3 is 0 Å². The summed E-state index contributed by atoms with van der Waals surface area (Å²) in [5, 5.41) is 24.0. The highest BCUT2D eigenvalue weighted by Crippen LogP contribution is 2.17. The minimum absolute atomic E-state index is 0.0425. The molecule has 0 aliphatic rings. The van der Waals surface area contributed by atoms with Gasteiger partial charge in [0.1, 0.15) is 11.8 Å². The van der Waals surface area contributed by atoms with Gasteiger partial charge < -0.3 is 4.74 Å². The largest absolute Gasteiger partial charge is 0.482 e. The zero-order valence-corrected chi connectivity index (χ0v) is 14.7. The number of non-ortho nitro benzene ring substituents is 1. The summed E-state index contributed by atoms with van der Waals surface area (Å²) in [7, 11) is 0. The van der Waals surface area contributed by atoms with Crippen LogP contribution in [0.4, 0.5) is 5.69 Å². The number of amides is 1. The highest BCUT2D eigenvalue weighted by molar-refractivity contribution is 6.01. The number of carbonyl (C=O) groups excluding carboxylic acids is 1. The second-order valence-electron chi connectivity index (χ2n) is 5.55. The molecule has 0 spiro atoms. The first kappa shape index (κ1) is 19.6. The molecule has 0 aliphatic carbocycles. The van der Waals surface area contributed by atoms with E-state index in [2.05, 4.69) is 10.5 Å². The lowest BCUT2D eigenvalue weighted by Gasteiger charge is -2.08. The van der Waals surface area contributed by atoms with Crippen molar-refractivity contribution in [1.29, 1.82) is 5.26 Å². The first-order valence-corrected chi connectivity index (χ1v) is 8.27. The van der Waals surface area contributed by atoms with E-state index in [0.29, 0.717) is 29.0 Å². The molecule has 1 N–H and O–H groups in total. The molecule has 8 heteroatoms. The zero-order chi connectivity index (χ0) is 19.6. The Balaban J connectivity index is 2.06. The Morgan fingerprint density at radius 1 is 1.30 bits per heavy atom. The first-order chi connectivity index (χ1) is 13.0. The lowest BCUT2D eigenvalue weighted by molar-refractivity contribution is -0.384. The number of hydrogen-bond acceptors (Lipinski definition) is 6. The number of benzene rings is 2. The van der Waals surface area contributed by atoms with Crippen molar-refractivity contribution in [2.45, 2.75) is 19.8 Å². The average molecular weight is 366 g/mol. The van der Waals surface area contributed by atoms with E-state index in [0.717, 1.165) is 6.42 Å². The number of hydrogen-bond donors (Lipinski definition) is 1. The molecule has 0 aromatic heterocycles. The number of rotatable bonds is 8. The van der Waals surface area contributed by atoms with Gasteiger partial charge in [-0.3, -0.25) is 14.9 Å². The van der Waals surface area contributed by atoms with Gasteiger partial charge in [0.15, 0.2) is 6.61 Å². The van der Waals surface area contributed by atoms with Crippen molar-refractivity contribution in [3.8, 4) is 11.8 Å². The standard InChI is InChI=1S/C19H18N4O4/c1-2-6-17(14-8-5-9-16(11-14)23(25)26)21-22-19(24)13-27-18-10-4-3-7-15(18)12-20/h3-5,7-11H,2,6,13H2,1H3,(H,22,24)/b21-17-. The van der Waals surface area contributed by atoms with Gasteiger partial charge in [-0.05, 0) is 18.6 Å². The van der Waals surface area contributed by atoms with E-state index in [-0.39, 0.29) is 12.3 Å². The summed E-state index contributed by atoms with van der Waals surface area (Å²) in [5.41, 5.74) is 3.79. The fourth-order valence-electron chi connectivity index (χ4n) is 2.29. The molecule has 27 heavy (non-hydrogen) atoms. The Hall–Kier alpha value is -3.73. The van der Waals surface area contributed by atoms with Crippen LogP contribution in [0.2, 0.25) is 0 Å². The average Bonchev–Trinajstić information content (AvgIpc) is 2.69. The minimum atomic E-state index is -0.498. The topological polar surface area (TPSA) is 118 Å². The molecule has 0 atom stereocenters. The SMILES string of the molecule is CCC/C(=N/NC(=O)COc1ccccc1C#N)c1cccc([N+](=O)[O-])c1. The monoisotopic (exact) mass is 366 g/mol. The van der Waals surface area contributed by atoms with Crippen molar-refractivity contribution in [3.05, 3.63) is 69.8 Å². The molecular weight excluding hydrogens is 348 g/mol. The maximum absolute atomic E-state index is 12.0. The van der Waals surface area contributed by atoms with Crippen LogP contribution in [0.1, 0.15) is 30.9 Å². The second-order valence-corrected chi connectivity index (χ2v) is 5.55. The predicted molar refractivity (Wildman–Crippen MR) is 99.3 cm³/mol. The molecule has 0 heterocycles. The summed E-state index contributed by atoms with van der Waals surface area (Å²) < 4.78 is 5.35. The van der Waals surface area contributed by atoms with Gasteiger partial charge in [0.25, 0.3) is 11.6 Å². The highest BCUT2D eigenvalue weighted by Gasteiger charge is 2.11. The van der Waals surface area contributed by atoms with E-state index in [1.54, 1.807) is 36.4 Å². The van der Waals surface area contributed by atoms with Crippen molar-refractivity contribution < 1.29 is 14.5 Å². The summed E-state index contributed by atoms with van der Waals surface area (Å²) in [4.78, 5) is 22.4. The van der Waals surface area contributed by atoms with E-state index < -0.39 is 10.8 Å². The molecule has 0 saturated carbocycles. The van der Waals surface area contributed by atoms with Crippen LogP contribution in [0.5, 0.6) is 5.75 Å². The number of nitro groups is 1. The molecule has 2 aromatic rings. The lowest BCUT2D eigenvalue weighted by Crippen LogP contribution is -2.26. The number of nitrogens with zero attached hydrogens (tertiary/aromatic N) is 3. The van der Waals surface area contributed by atoms with E-state index >= 15 is 0 Å². The molecule has 0 saturated heterocycles. The van der Waals surface area contributed by atoms with Gasteiger partial charge in [-0.1, -0.05) is 37.6 Å². The highest BCUT2D eigenvalue weighted by atomic mass is 16.6. The summed E-state index contributed by atoms with van der Waals surface area (Å²) >= 11 is 0. The lowest BCUT2D eigenvalue weighted by atomic mass is 10.1. The quantitative estimate of drug-likeness (QED) is 0.437. The Labute approximate surface area is 156 Å². The third-order valence-corrected chi connectivity index (χ3v) is 3.56. The van der Waals surface area contributed by atoms with E-state index in [1.165, 1.54) is 12.1 Å². The number of nitro benzene ring substituents is 1. The molecular formula is C19H18N4O4. The fraction of sp³-hybridized carbons (Fsp3) is 0.211. The van der Waals surface area contributed by atoms with E-state index in [4.69, 9.17) is 10.00 Å². The van der Waals surface area contributed by atoms with Crippen LogP contribution >= 0.6 is 0 Å². The number of ether oxygens (including phenoxy) is 1. The third-order valence-electron chi connectivity index (χ3n) is 3.56. The predicted octanol–water partition coefficient (Wildman–Crippen LogP) is 3.17. The van der Waals surface area contributed by atoms with Crippen molar-refractivity contribution >= 4 is 17.3 Å². The van der Waals surface area contributed by atoms with Gasteiger partial charge in [-0.15, -0.1) is 0 Å². The van der Waals surface area contributed by atoms with Gasteiger partial charge in [0.05, 0.1) is 16.2 Å². The van der Waals surface area contributed by atoms with Crippen LogP contribution in [0.3, 0.4) is 0 Å². The summed E-state index contributed by atoms with van der Waals surface area (Å²) in [6, 6.07) is 14.7. The van der Waals surface area contributed by atoms with Crippen molar-refractivity contribution in [2.24, 2.45) is 5.10 Å². The van der Waals surface area contributed by atoms with Gasteiger partial charge in [0.2, 0.25) is 0 Å². The molecule has 1 amide bonds. The van der Waals surface area contributed by atoms with Crippen LogP contribution in [0, 0.1) is 21.4 Å². The van der Waals surface area contributed by atoms with Crippen LogP contribution in [-0.4, -0.2) is 23.1 Å². The Morgan fingerprint density at radius 2 is 2.07 bits per heavy atom. The van der Waals surface area contributed by atoms with Crippen LogP contribution in [0.25, 0.3) is 0 Å². The molecule has 8 nitrogen and oxygen atoms in total. The van der Waals surface area contributed by atoms with E-state index in [1.807, 2.05) is 13.0 Å². The maximum atomic E-state index is 12.0. The summed E-state index contributed by atoms with van der Waals surface area (Å²) in [5.74, 6) is -0.187. The molecule has 0 radical (unpaired) electrons. The van der Waals surface area contributed by atoms with Crippen molar-refractivity contribution in [2.75, 3.05) is 6.61 Å². The second kappa shape index (κ2) is 9.68. The molecule has 2 rings (SSSR count). The summed E-state index contributed by atoms with van der Waals surface area (Å²) in [6.07, 6.45) is 1.29. The van der Waals surface area contributed by atoms with Crippen LogP contribution < -0.4 is 10.2 Å². The molecule has 0 bridgehead atoms. The fourth-order valence-corrected chi connectivity index (χ4v) is 2.29.